The zero-order chi connectivity index (χ0) is 25.4. The van der Waals surface area contributed by atoms with E-state index in [-0.39, 0.29) is 18.0 Å². The highest BCUT2D eigenvalue weighted by Gasteiger charge is 2.42. The molecule has 0 bridgehead atoms. The van der Waals surface area contributed by atoms with Gasteiger partial charge in [0.25, 0.3) is 0 Å². The molecule has 1 aliphatic heterocycles. The standard InChI is InChI=1S/C25H26N8O2S/c1-15-11-19(16(2)33(15)31-13-27-28-14-31)24-23(20-7-5-6-10-26-20)30-25(36)32(24)18-8-9-22(35-4)21(12-18)29-17(3)34/h5-14,23-24H,1-4H3,(H,29,34)(H,30,36)/t23-,24+/m0/s1. The Morgan fingerprint density at radius 2 is 1.92 bits per heavy atom. The van der Waals surface area contributed by atoms with Crippen LogP contribution in [0.15, 0.2) is 61.3 Å². The summed E-state index contributed by atoms with van der Waals surface area (Å²) in [4.78, 5) is 18.6. The fourth-order valence-corrected chi connectivity index (χ4v) is 5.16. The van der Waals surface area contributed by atoms with E-state index in [0.29, 0.717) is 16.5 Å². The van der Waals surface area contributed by atoms with Crippen molar-refractivity contribution in [2.75, 3.05) is 17.3 Å². The predicted octanol–water partition coefficient (Wildman–Crippen LogP) is 3.55. The first-order chi connectivity index (χ1) is 17.4. The number of aromatic nitrogens is 5. The van der Waals surface area contributed by atoms with Gasteiger partial charge >= 0.3 is 0 Å². The highest BCUT2D eigenvalue weighted by atomic mass is 32.1. The third kappa shape index (κ3) is 4.07. The number of nitrogens with zero attached hydrogens (tertiary/aromatic N) is 6. The number of carbonyl (C=O) groups excluding carboxylic acids is 1. The Balaban J connectivity index is 1.67. The van der Waals surface area contributed by atoms with E-state index in [1.54, 1.807) is 26.0 Å². The van der Waals surface area contributed by atoms with Gasteiger partial charge < -0.3 is 20.3 Å². The van der Waals surface area contributed by atoms with Gasteiger partial charge in [0, 0.05) is 35.8 Å². The molecule has 1 aromatic carbocycles. The number of methoxy groups -OCH3 is 1. The summed E-state index contributed by atoms with van der Waals surface area (Å²) in [5.74, 6) is 0.378. The lowest BCUT2D eigenvalue weighted by Gasteiger charge is -2.29. The van der Waals surface area contributed by atoms with Crippen LogP contribution in [-0.2, 0) is 4.79 Å². The Hall–Kier alpha value is -4.25. The first-order valence-corrected chi connectivity index (χ1v) is 11.8. The monoisotopic (exact) mass is 502 g/mol. The number of ether oxygens (including phenoxy) is 1. The van der Waals surface area contributed by atoms with Gasteiger partial charge in [-0.3, -0.25) is 14.5 Å². The molecule has 4 heterocycles. The van der Waals surface area contributed by atoms with Crippen molar-refractivity contribution >= 4 is 34.6 Å². The highest BCUT2D eigenvalue weighted by Crippen LogP contribution is 2.44. The van der Waals surface area contributed by atoms with Crippen molar-refractivity contribution in [2.24, 2.45) is 0 Å². The van der Waals surface area contributed by atoms with Crippen LogP contribution in [0.1, 0.15) is 41.7 Å². The minimum atomic E-state index is -0.220. The largest absolute Gasteiger partial charge is 0.495 e. The average molecular weight is 503 g/mol. The van der Waals surface area contributed by atoms with Crippen LogP contribution >= 0.6 is 12.2 Å². The zero-order valence-electron chi connectivity index (χ0n) is 20.3. The summed E-state index contributed by atoms with van der Waals surface area (Å²) in [7, 11) is 1.57. The number of nitrogens with one attached hydrogen (secondary N) is 2. The van der Waals surface area contributed by atoms with Crippen LogP contribution in [-0.4, -0.2) is 42.7 Å². The first kappa shape index (κ1) is 23.5. The molecular weight excluding hydrogens is 476 g/mol. The molecule has 0 aliphatic carbocycles. The molecule has 1 saturated heterocycles. The SMILES string of the molecule is COc1ccc(N2C(=S)N[C@@H](c3ccccn3)[C@H]2c2cc(C)n(-n3cnnc3)c2C)cc1NC(C)=O. The number of pyridine rings is 1. The summed E-state index contributed by atoms with van der Waals surface area (Å²) in [5, 5.41) is 14.8. The number of hydrogen-bond donors (Lipinski definition) is 2. The maximum absolute atomic E-state index is 11.9. The van der Waals surface area contributed by atoms with Crippen LogP contribution in [0.2, 0.25) is 0 Å². The number of aryl methyl sites for hydroxylation is 1. The van der Waals surface area contributed by atoms with Gasteiger partial charge in [-0.2, -0.15) is 0 Å². The molecule has 0 spiro atoms. The van der Waals surface area contributed by atoms with E-state index in [0.717, 1.165) is 28.3 Å². The number of rotatable bonds is 6. The van der Waals surface area contributed by atoms with Crippen molar-refractivity contribution in [1.29, 1.82) is 0 Å². The lowest BCUT2D eigenvalue weighted by molar-refractivity contribution is -0.114. The van der Waals surface area contributed by atoms with Crippen molar-refractivity contribution < 1.29 is 9.53 Å². The second kappa shape index (κ2) is 9.42. The van der Waals surface area contributed by atoms with Crippen LogP contribution < -0.4 is 20.3 Å². The highest BCUT2D eigenvalue weighted by molar-refractivity contribution is 7.80. The normalized spacial score (nSPS) is 17.2. The average Bonchev–Trinajstić information content (AvgIpc) is 3.57. The number of benzene rings is 1. The van der Waals surface area contributed by atoms with Gasteiger partial charge in [0.05, 0.1) is 30.6 Å². The molecule has 184 valence electrons. The molecule has 10 nitrogen and oxygen atoms in total. The molecule has 2 atom stereocenters. The lowest BCUT2D eigenvalue weighted by Crippen LogP contribution is -2.29. The van der Waals surface area contributed by atoms with Crippen molar-refractivity contribution in [3.8, 4) is 5.75 Å². The van der Waals surface area contributed by atoms with Crippen molar-refractivity contribution in [3.63, 3.8) is 0 Å². The Kier molecular flexibility index (Phi) is 6.15. The maximum Gasteiger partial charge on any atom is 0.221 e. The summed E-state index contributed by atoms with van der Waals surface area (Å²) < 4.78 is 9.36. The van der Waals surface area contributed by atoms with Crippen LogP contribution in [0.25, 0.3) is 0 Å². The van der Waals surface area contributed by atoms with E-state index >= 15 is 0 Å². The molecule has 0 radical (unpaired) electrons. The van der Waals surface area contributed by atoms with E-state index in [1.807, 2.05) is 48.0 Å². The summed E-state index contributed by atoms with van der Waals surface area (Å²) >= 11 is 5.87. The van der Waals surface area contributed by atoms with E-state index in [4.69, 9.17) is 17.0 Å². The van der Waals surface area contributed by atoms with Gasteiger partial charge in [-0.15, -0.1) is 10.2 Å². The van der Waals surface area contributed by atoms with Crippen LogP contribution in [0, 0.1) is 13.8 Å². The smallest absolute Gasteiger partial charge is 0.221 e. The van der Waals surface area contributed by atoms with Crippen molar-refractivity contribution in [2.45, 2.75) is 32.9 Å². The van der Waals surface area contributed by atoms with E-state index in [1.165, 1.54) is 6.92 Å². The van der Waals surface area contributed by atoms with Crippen molar-refractivity contribution in [3.05, 3.63) is 84.0 Å². The van der Waals surface area contributed by atoms with Gasteiger partial charge in [-0.25, -0.2) is 4.68 Å². The maximum atomic E-state index is 11.9. The van der Waals surface area contributed by atoms with E-state index < -0.39 is 0 Å². The van der Waals surface area contributed by atoms with Crippen LogP contribution in [0.5, 0.6) is 5.75 Å². The molecule has 5 rings (SSSR count). The molecule has 11 heteroatoms. The Labute approximate surface area is 213 Å². The lowest BCUT2D eigenvalue weighted by atomic mass is 9.96. The Bertz CT molecular complexity index is 1420. The number of anilines is 2. The summed E-state index contributed by atoms with van der Waals surface area (Å²) in [6.45, 7) is 5.57. The fraction of sp³-hybridized carbons (Fsp3) is 0.240. The second-order valence-corrected chi connectivity index (χ2v) is 8.93. The molecule has 2 N–H and O–H groups in total. The minimum absolute atomic E-state index is 0.187. The topological polar surface area (TPSA) is 102 Å². The molecule has 1 aliphatic rings. The molecular formula is C25H26N8O2S. The number of carbonyl (C=O) groups is 1. The molecule has 36 heavy (non-hydrogen) atoms. The quantitative estimate of drug-likeness (QED) is 0.386. The van der Waals surface area contributed by atoms with Crippen LogP contribution in [0.3, 0.4) is 0 Å². The number of hydrogen-bond acceptors (Lipinski definition) is 6. The number of thiocarbonyl (C=S) groups is 1. The Morgan fingerprint density at radius 3 is 2.58 bits per heavy atom. The van der Waals surface area contributed by atoms with Gasteiger partial charge in [0.15, 0.2) is 5.11 Å². The summed E-state index contributed by atoms with van der Waals surface area (Å²) in [5.41, 5.74) is 5.37. The number of amides is 1. The molecule has 0 saturated carbocycles. The Morgan fingerprint density at radius 1 is 1.14 bits per heavy atom. The van der Waals surface area contributed by atoms with Gasteiger partial charge in [-0.1, -0.05) is 6.07 Å². The minimum Gasteiger partial charge on any atom is -0.495 e. The second-order valence-electron chi connectivity index (χ2n) is 8.54. The molecule has 4 aromatic rings. The van der Waals surface area contributed by atoms with Crippen molar-refractivity contribution in [1.82, 2.24) is 29.9 Å². The molecule has 1 fully saturated rings. The summed E-state index contributed by atoms with van der Waals surface area (Å²) in [6, 6.07) is 13.2. The van der Waals surface area contributed by atoms with Gasteiger partial charge in [0.2, 0.25) is 5.91 Å². The summed E-state index contributed by atoms with van der Waals surface area (Å²) in [6.07, 6.45) is 5.11. The molecule has 3 aromatic heterocycles. The molecule has 1 amide bonds. The van der Waals surface area contributed by atoms with Gasteiger partial charge in [0.1, 0.15) is 18.4 Å². The van der Waals surface area contributed by atoms with Crippen LogP contribution in [0.4, 0.5) is 11.4 Å². The zero-order valence-corrected chi connectivity index (χ0v) is 21.2. The molecule has 0 unspecified atom stereocenters. The third-order valence-corrected chi connectivity index (χ3v) is 6.57. The fourth-order valence-electron chi connectivity index (χ4n) is 4.81. The van der Waals surface area contributed by atoms with E-state index in [9.17, 15) is 4.79 Å². The predicted molar refractivity (Wildman–Crippen MR) is 140 cm³/mol. The third-order valence-electron chi connectivity index (χ3n) is 6.26. The van der Waals surface area contributed by atoms with Gasteiger partial charge in [-0.05, 0) is 62.5 Å². The first-order valence-electron chi connectivity index (χ1n) is 11.4. The van der Waals surface area contributed by atoms with E-state index in [2.05, 4.69) is 48.4 Å².